The average molecular weight is 390 g/mol. The molecule has 1 heterocycles. The Balaban J connectivity index is 1.54. The fourth-order valence-electron chi connectivity index (χ4n) is 2.71. The summed E-state index contributed by atoms with van der Waals surface area (Å²) in [5.41, 5.74) is 2.75. The standard InChI is InChI=1S/C22H22N4O3/c1-15(27)17-6-4-7-19(12-17)26-22-24-13-18(14-25-22)21(28)23-10-9-16-5-3-8-20(11-16)29-2/h3-8,11-14H,9-10H2,1-2H3,(H,23,28)(H,24,25,26). The number of amides is 1. The lowest BCUT2D eigenvalue weighted by Gasteiger charge is -2.08. The van der Waals surface area contributed by atoms with Crippen molar-refractivity contribution in [2.45, 2.75) is 13.3 Å². The number of ether oxygens (including phenoxy) is 1. The zero-order valence-corrected chi connectivity index (χ0v) is 16.3. The van der Waals surface area contributed by atoms with Gasteiger partial charge in [0.15, 0.2) is 5.78 Å². The number of aromatic nitrogens is 2. The second kappa shape index (κ2) is 9.45. The molecule has 0 aliphatic carbocycles. The molecule has 0 radical (unpaired) electrons. The smallest absolute Gasteiger partial charge is 0.254 e. The van der Waals surface area contributed by atoms with E-state index in [9.17, 15) is 9.59 Å². The summed E-state index contributed by atoms with van der Waals surface area (Å²) >= 11 is 0. The molecule has 2 N–H and O–H groups in total. The molecular weight excluding hydrogens is 368 g/mol. The number of benzene rings is 2. The summed E-state index contributed by atoms with van der Waals surface area (Å²) in [7, 11) is 1.62. The monoisotopic (exact) mass is 390 g/mol. The number of carbonyl (C=O) groups is 2. The lowest BCUT2D eigenvalue weighted by atomic mass is 10.1. The molecule has 1 aromatic heterocycles. The number of anilines is 2. The molecule has 148 valence electrons. The Morgan fingerprint density at radius 2 is 1.76 bits per heavy atom. The van der Waals surface area contributed by atoms with Gasteiger partial charge in [-0.05, 0) is 43.2 Å². The van der Waals surface area contributed by atoms with E-state index in [-0.39, 0.29) is 11.7 Å². The maximum atomic E-state index is 12.3. The van der Waals surface area contributed by atoms with Gasteiger partial charge in [0.2, 0.25) is 5.95 Å². The zero-order valence-electron chi connectivity index (χ0n) is 16.3. The van der Waals surface area contributed by atoms with Crippen molar-refractivity contribution < 1.29 is 14.3 Å². The van der Waals surface area contributed by atoms with Crippen LogP contribution < -0.4 is 15.4 Å². The van der Waals surface area contributed by atoms with Gasteiger partial charge >= 0.3 is 0 Å². The van der Waals surface area contributed by atoms with E-state index >= 15 is 0 Å². The fraction of sp³-hybridized carbons (Fsp3) is 0.182. The van der Waals surface area contributed by atoms with Crippen molar-refractivity contribution in [3.05, 3.63) is 77.6 Å². The van der Waals surface area contributed by atoms with E-state index in [0.717, 1.165) is 11.3 Å². The summed E-state index contributed by atoms with van der Waals surface area (Å²) < 4.78 is 5.20. The number of nitrogens with zero attached hydrogens (tertiary/aromatic N) is 2. The van der Waals surface area contributed by atoms with Crippen LogP contribution in [0.4, 0.5) is 11.6 Å². The first-order valence-corrected chi connectivity index (χ1v) is 9.16. The third-order valence-corrected chi connectivity index (χ3v) is 4.27. The van der Waals surface area contributed by atoms with Gasteiger partial charge in [0, 0.05) is 30.2 Å². The second-order valence-corrected chi connectivity index (χ2v) is 6.41. The van der Waals surface area contributed by atoms with Crippen molar-refractivity contribution in [3.63, 3.8) is 0 Å². The van der Waals surface area contributed by atoms with Crippen LogP contribution in [0.2, 0.25) is 0 Å². The molecule has 3 rings (SSSR count). The van der Waals surface area contributed by atoms with Crippen LogP contribution in [0.25, 0.3) is 0 Å². The molecule has 0 atom stereocenters. The molecule has 3 aromatic rings. The average Bonchev–Trinajstić information content (AvgIpc) is 2.74. The van der Waals surface area contributed by atoms with E-state index in [0.29, 0.717) is 35.7 Å². The van der Waals surface area contributed by atoms with E-state index in [1.54, 1.807) is 25.3 Å². The maximum Gasteiger partial charge on any atom is 0.254 e. The first-order chi connectivity index (χ1) is 14.0. The predicted molar refractivity (Wildman–Crippen MR) is 111 cm³/mol. The topological polar surface area (TPSA) is 93.2 Å². The Bertz CT molecular complexity index is 1000. The summed E-state index contributed by atoms with van der Waals surface area (Å²) in [5.74, 6) is 0.881. The molecule has 0 aliphatic heterocycles. The molecule has 0 spiro atoms. The minimum Gasteiger partial charge on any atom is -0.497 e. The van der Waals surface area contributed by atoms with Gasteiger partial charge in [-0.3, -0.25) is 9.59 Å². The van der Waals surface area contributed by atoms with Crippen LogP contribution in [0.1, 0.15) is 33.2 Å². The minimum absolute atomic E-state index is 0.0180. The Hall–Kier alpha value is -3.74. The number of carbonyl (C=O) groups excluding carboxylic acids is 2. The van der Waals surface area contributed by atoms with Crippen LogP contribution >= 0.6 is 0 Å². The second-order valence-electron chi connectivity index (χ2n) is 6.41. The van der Waals surface area contributed by atoms with Crippen molar-refractivity contribution in [2.24, 2.45) is 0 Å². The predicted octanol–water partition coefficient (Wildman–Crippen LogP) is 3.40. The normalized spacial score (nSPS) is 10.3. The first kappa shape index (κ1) is 20.0. The molecule has 7 heteroatoms. The summed E-state index contributed by atoms with van der Waals surface area (Å²) in [6.07, 6.45) is 3.62. The summed E-state index contributed by atoms with van der Waals surface area (Å²) in [6, 6.07) is 14.8. The molecule has 1 amide bonds. The Labute approximate surface area is 169 Å². The van der Waals surface area contributed by atoms with E-state index in [1.807, 2.05) is 30.3 Å². The largest absolute Gasteiger partial charge is 0.497 e. The highest BCUT2D eigenvalue weighted by Gasteiger charge is 2.08. The van der Waals surface area contributed by atoms with Gasteiger partial charge in [-0.15, -0.1) is 0 Å². The Morgan fingerprint density at radius 3 is 2.48 bits per heavy atom. The molecular formula is C22H22N4O3. The molecule has 0 aliphatic rings. The van der Waals surface area contributed by atoms with Gasteiger partial charge in [-0.25, -0.2) is 9.97 Å². The third-order valence-electron chi connectivity index (χ3n) is 4.27. The molecule has 2 aromatic carbocycles. The molecule has 0 saturated carbocycles. The van der Waals surface area contributed by atoms with E-state index in [1.165, 1.54) is 19.3 Å². The quantitative estimate of drug-likeness (QED) is 0.573. The van der Waals surface area contributed by atoms with Gasteiger partial charge in [-0.2, -0.15) is 0 Å². The Kier molecular flexibility index (Phi) is 6.52. The number of hydrogen-bond acceptors (Lipinski definition) is 6. The molecule has 0 unspecified atom stereocenters. The van der Waals surface area contributed by atoms with Crippen LogP contribution in [0.15, 0.2) is 60.9 Å². The van der Waals surface area contributed by atoms with Crippen molar-refractivity contribution in [2.75, 3.05) is 19.0 Å². The van der Waals surface area contributed by atoms with Crippen LogP contribution in [0.5, 0.6) is 5.75 Å². The molecule has 7 nitrogen and oxygen atoms in total. The van der Waals surface area contributed by atoms with Gasteiger partial charge in [0.1, 0.15) is 5.75 Å². The van der Waals surface area contributed by atoms with Gasteiger partial charge in [0.05, 0.1) is 12.7 Å². The van der Waals surface area contributed by atoms with Crippen LogP contribution in [-0.2, 0) is 6.42 Å². The van der Waals surface area contributed by atoms with Crippen LogP contribution in [0, 0.1) is 0 Å². The van der Waals surface area contributed by atoms with E-state index in [4.69, 9.17) is 4.74 Å². The highest BCUT2D eigenvalue weighted by atomic mass is 16.5. The highest BCUT2D eigenvalue weighted by Crippen LogP contribution is 2.15. The highest BCUT2D eigenvalue weighted by molar-refractivity contribution is 5.95. The molecule has 0 bridgehead atoms. The number of nitrogens with one attached hydrogen (secondary N) is 2. The third kappa shape index (κ3) is 5.62. The fourth-order valence-corrected chi connectivity index (χ4v) is 2.71. The van der Waals surface area contributed by atoms with E-state index in [2.05, 4.69) is 20.6 Å². The van der Waals surface area contributed by atoms with Crippen molar-refractivity contribution in [1.82, 2.24) is 15.3 Å². The van der Waals surface area contributed by atoms with Gasteiger partial charge in [0.25, 0.3) is 5.91 Å². The summed E-state index contributed by atoms with van der Waals surface area (Å²) in [6.45, 7) is 2.00. The lowest BCUT2D eigenvalue weighted by Crippen LogP contribution is -2.26. The van der Waals surface area contributed by atoms with Crippen LogP contribution in [0.3, 0.4) is 0 Å². The first-order valence-electron chi connectivity index (χ1n) is 9.16. The van der Waals surface area contributed by atoms with Crippen LogP contribution in [-0.4, -0.2) is 35.3 Å². The van der Waals surface area contributed by atoms with E-state index < -0.39 is 0 Å². The summed E-state index contributed by atoms with van der Waals surface area (Å²) in [5, 5.41) is 5.88. The van der Waals surface area contributed by atoms with Crippen molar-refractivity contribution in [1.29, 1.82) is 0 Å². The molecule has 29 heavy (non-hydrogen) atoms. The maximum absolute atomic E-state index is 12.3. The zero-order chi connectivity index (χ0) is 20.6. The lowest BCUT2D eigenvalue weighted by molar-refractivity contribution is 0.0952. The van der Waals surface area contributed by atoms with Crippen molar-refractivity contribution >= 4 is 23.3 Å². The number of Topliss-reactive ketones (excluding diaryl/α,β-unsaturated/α-hetero) is 1. The van der Waals surface area contributed by atoms with Gasteiger partial charge in [-0.1, -0.05) is 24.3 Å². The minimum atomic E-state index is -0.238. The number of hydrogen-bond donors (Lipinski definition) is 2. The molecule has 0 saturated heterocycles. The number of rotatable bonds is 8. The van der Waals surface area contributed by atoms with Gasteiger partial charge < -0.3 is 15.4 Å². The molecule has 0 fully saturated rings. The van der Waals surface area contributed by atoms with Crippen molar-refractivity contribution in [3.8, 4) is 5.75 Å². The number of ketones is 1. The Morgan fingerprint density at radius 1 is 1.00 bits per heavy atom. The SMILES string of the molecule is COc1cccc(CCNC(=O)c2cnc(Nc3cccc(C(C)=O)c3)nc2)c1. The number of methoxy groups -OCH3 is 1. The summed E-state index contributed by atoms with van der Waals surface area (Å²) in [4.78, 5) is 32.1.